The summed E-state index contributed by atoms with van der Waals surface area (Å²) in [6, 6.07) is 1.46. The van der Waals surface area contributed by atoms with Crippen LogP contribution in [0.25, 0.3) is 0 Å². The van der Waals surface area contributed by atoms with Crippen LogP contribution in [0.3, 0.4) is 0 Å². The SMILES string of the molecule is Cc1cc(CCN2CCOCC2)c(C(F)(F)F)c(F)c1C. The van der Waals surface area contributed by atoms with E-state index in [0.717, 1.165) is 0 Å². The minimum Gasteiger partial charge on any atom is -0.379 e. The molecule has 21 heavy (non-hydrogen) atoms. The molecule has 1 aliphatic heterocycles. The second kappa shape index (κ2) is 6.32. The summed E-state index contributed by atoms with van der Waals surface area (Å²) < 4.78 is 58.6. The van der Waals surface area contributed by atoms with E-state index in [4.69, 9.17) is 4.74 Å². The van der Waals surface area contributed by atoms with Gasteiger partial charge in [0.25, 0.3) is 0 Å². The van der Waals surface area contributed by atoms with Crippen LogP contribution in [-0.2, 0) is 17.3 Å². The van der Waals surface area contributed by atoms with Crippen molar-refractivity contribution in [2.45, 2.75) is 26.4 Å². The molecule has 0 amide bonds. The fraction of sp³-hybridized carbons (Fsp3) is 0.600. The Kier molecular flexibility index (Phi) is 4.88. The van der Waals surface area contributed by atoms with Gasteiger partial charge >= 0.3 is 6.18 Å². The predicted molar refractivity (Wildman–Crippen MR) is 71.8 cm³/mol. The molecule has 1 heterocycles. The van der Waals surface area contributed by atoms with Gasteiger partial charge in [0.05, 0.1) is 18.8 Å². The van der Waals surface area contributed by atoms with E-state index in [1.54, 1.807) is 6.92 Å². The zero-order valence-electron chi connectivity index (χ0n) is 12.2. The van der Waals surface area contributed by atoms with Gasteiger partial charge in [-0.3, -0.25) is 4.90 Å². The fourth-order valence-corrected chi connectivity index (χ4v) is 2.55. The largest absolute Gasteiger partial charge is 0.419 e. The van der Waals surface area contributed by atoms with Crippen molar-refractivity contribution in [3.63, 3.8) is 0 Å². The Morgan fingerprint density at radius 2 is 1.81 bits per heavy atom. The van der Waals surface area contributed by atoms with Crippen LogP contribution >= 0.6 is 0 Å². The molecule has 1 aromatic rings. The third kappa shape index (κ3) is 3.74. The van der Waals surface area contributed by atoms with E-state index < -0.39 is 17.6 Å². The van der Waals surface area contributed by atoms with Gasteiger partial charge in [-0.05, 0) is 37.0 Å². The lowest BCUT2D eigenvalue weighted by Crippen LogP contribution is -2.37. The van der Waals surface area contributed by atoms with Gasteiger partial charge in [-0.15, -0.1) is 0 Å². The summed E-state index contributed by atoms with van der Waals surface area (Å²) in [6.45, 7) is 6.08. The molecule has 0 radical (unpaired) electrons. The highest BCUT2D eigenvalue weighted by Crippen LogP contribution is 2.36. The zero-order chi connectivity index (χ0) is 15.6. The Morgan fingerprint density at radius 1 is 1.19 bits per heavy atom. The summed E-state index contributed by atoms with van der Waals surface area (Å²) >= 11 is 0. The molecule has 0 N–H and O–H groups in total. The first-order chi connectivity index (χ1) is 9.80. The van der Waals surface area contributed by atoms with Crippen LogP contribution in [0.15, 0.2) is 6.07 Å². The Bertz CT molecular complexity index is 507. The summed E-state index contributed by atoms with van der Waals surface area (Å²) in [5.74, 6) is -1.14. The maximum absolute atomic E-state index is 14.0. The molecule has 2 rings (SSSR count). The highest BCUT2D eigenvalue weighted by atomic mass is 19.4. The van der Waals surface area contributed by atoms with Crippen LogP contribution in [0.5, 0.6) is 0 Å². The Hall–Kier alpha value is -1.14. The first-order valence-electron chi connectivity index (χ1n) is 6.96. The summed E-state index contributed by atoms with van der Waals surface area (Å²) in [5.41, 5.74) is -0.455. The molecule has 118 valence electrons. The number of halogens is 4. The predicted octanol–water partition coefficient (Wildman–Crippen LogP) is 3.34. The Labute approximate surface area is 121 Å². The minimum atomic E-state index is -4.66. The number of morpholine rings is 1. The first kappa shape index (κ1) is 16.2. The first-order valence-corrected chi connectivity index (χ1v) is 6.96. The molecule has 0 saturated carbocycles. The van der Waals surface area contributed by atoms with Crippen molar-refractivity contribution in [3.8, 4) is 0 Å². The number of aryl methyl sites for hydroxylation is 1. The van der Waals surface area contributed by atoms with Crippen molar-refractivity contribution < 1.29 is 22.3 Å². The monoisotopic (exact) mass is 305 g/mol. The number of benzene rings is 1. The van der Waals surface area contributed by atoms with Crippen molar-refractivity contribution in [3.05, 3.63) is 34.1 Å². The van der Waals surface area contributed by atoms with Crippen LogP contribution in [-0.4, -0.2) is 37.7 Å². The van der Waals surface area contributed by atoms with Gasteiger partial charge in [0, 0.05) is 19.6 Å². The van der Waals surface area contributed by atoms with Crippen molar-refractivity contribution in [2.75, 3.05) is 32.8 Å². The number of nitrogens with zero attached hydrogens (tertiary/aromatic N) is 1. The van der Waals surface area contributed by atoms with E-state index in [0.29, 0.717) is 38.4 Å². The molecular formula is C15H19F4NO. The number of alkyl halides is 3. The average Bonchev–Trinajstić information content (AvgIpc) is 2.42. The van der Waals surface area contributed by atoms with Gasteiger partial charge in [-0.2, -0.15) is 13.2 Å². The minimum absolute atomic E-state index is 0.0367. The van der Waals surface area contributed by atoms with E-state index in [9.17, 15) is 17.6 Å². The lowest BCUT2D eigenvalue weighted by Gasteiger charge is -2.27. The molecule has 0 bridgehead atoms. The van der Waals surface area contributed by atoms with Crippen LogP contribution in [0.1, 0.15) is 22.3 Å². The normalized spacial score (nSPS) is 17.2. The second-order valence-corrected chi connectivity index (χ2v) is 5.37. The number of hydrogen-bond acceptors (Lipinski definition) is 2. The lowest BCUT2D eigenvalue weighted by molar-refractivity contribution is -0.140. The van der Waals surface area contributed by atoms with Crippen LogP contribution in [0, 0.1) is 19.7 Å². The van der Waals surface area contributed by atoms with Gasteiger partial charge in [0.15, 0.2) is 0 Å². The second-order valence-electron chi connectivity index (χ2n) is 5.37. The number of hydrogen-bond donors (Lipinski definition) is 0. The van der Waals surface area contributed by atoms with E-state index in [1.807, 2.05) is 4.90 Å². The Morgan fingerprint density at radius 3 is 2.38 bits per heavy atom. The van der Waals surface area contributed by atoms with Gasteiger partial charge in [0.1, 0.15) is 5.82 Å². The highest BCUT2D eigenvalue weighted by molar-refractivity contribution is 5.40. The number of rotatable bonds is 3. The van der Waals surface area contributed by atoms with E-state index in [2.05, 4.69) is 0 Å². The Balaban J connectivity index is 2.25. The summed E-state index contributed by atoms with van der Waals surface area (Å²) in [4.78, 5) is 2.04. The lowest BCUT2D eigenvalue weighted by atomic mass is 9.96. The highest BCUT2D eigenvalue weighted by Gasteiger charge is 2.37. The van der Waals surface area contributed by atoms with Crippen LogP contribution in [0.4, 0.5) is 17.6 Å². The fourth-order valence-electron chi connectivity index (χ4n) is 2.55. The zero-order valence-corrected chi connectivity index (χ0v) is 12.2. The molecule has 0 unspecified atom stereocenters. The van der Waals surface area contributed by atoms with Crippen LogP contribution in [0.2, 0.25) is 0 Å². The molecule has 0 atom stereocenters. The van der Waals surface area contributed by atoms with Gasteiger partial charge in [0.2, 0.25) is 0 Å². The van der Waals surface area contributed by atoms with Crippen molar-refractivity contribution >= 4 is 0 Å². The van der Waals surface area contributed by atoms with E-state index in [1.165, 1.54) is 13.0 Å². The van der Waals surface area contributed by atoms with Gasteiger partial charge < -0.3 is 4.74 Å². The molecule has 2 nitrogen and oxygen atoms in total. The molecule has 1 saturated heterocycles. The van der Waals surface area contributed by atoms with Crippen molar-refractivity contribution in [1.82, 2.24) is 4.90 Å². The van der Waals surface area contributed by atoms with Gasteiger partial charge in [-0.1, -0.05) is 6.07 Å². The standard InChI is InChI=1S/C15H19F4NO/c1-10-9-12(3-4-20-5-7-21-8-6-20)13(15(17,18)19)14(16)11(10)2/h9H,3-8H2,1-2H3. The third-order valence-electron chi connectivity index (χ3n) is 3.94. The molecule has 0 spiro atoms. The van der Waals surface area contributed by atoms with Crippen molar-refractivity contribution in [2.24, 2.45) is 0 Å². The van der Waals surface area contributed by atoms with Crippen molar-refractivity contribution in [1.29, 1.82) is 0 Å². The summed E-state index contributed by atoms with van der Waals surface area (Å²) in [6.07, 6.45) is -4.48. The average molecular weight is 305 g/mol. The van der Waals surface area contributed by atoms with E-state index >= 15 is 0 Å². The molecule has 6 heteroatoms. The molecule has 1 aromatic carbocycles. The quantitative estimate of drug-likeness (QED) is 0.794. The summed E-state index contributed by atoms with van der Waals surface area (Å²) in [5, 5.41) is 0. The van der Waals surface area contributed by atoms with Gasteiger partial charge in [-0.25, -0.2) is 4.39 Å². The molecule has 1 fully saturated rings. The molecule has 1 aliphatic rings. The number of ether oxygens (including phenoxy) is 1. The summed E-state index contributed by atoms with van der Waals surface area (Å²) in [7, 11) is 0. The van der Waals surface area contributed by atoms with Crippen LogP contribution < -0.4 is 0 Å². The third-order valence-corrected chi connectivity index (χ3v) is 3.94. The molecule has 0 aromatic heterocycles. The maximum Gasteiger partial charge on any atom is 0.419 e. The smallest absolute Gasteiger partial charge is 0.379 e. The van der Waals surface area contributed by atoms with E-state index in [-0.39, 0.29) is 17.5 Å². The topological polar surface area (TPSA) is 12.5 Å². The molecule has 0 aliphatic carbocycles. The molecular weight excluding hydrogens is 286 g/mol. The maximum atomic E-state index is 14.0.